The summed E-state index contributed by atoms with van der Waals surface area (Å²) in [5.74, 6) is -0.910. The van der Waals surface area contributed by atoms with E-state index in [0.717, 1.165) is 12.0 Å². The predicted octanol–water partition coefficient (Wildman–Crippen LogP) is 1.38. The average molecular weight is 309 g/mol. The normalized spacial score (nSPS) is 26.3. The molecule has 3 rings (SSSR count). The molecule has 0 radical (unpaired) electrons. The van der Waals surface area contributed by atoms with E-state index in [9.17, 15) is 9.59 Å². The summed E-state index contributed by atoms with van der Waals surface area (Å²) in [6, 6.07) is 9.15. The van der Waals surface area contributed by atoms with Crippen molar-refractivity contribution < 1.29 is 9.59 Å². The number of allylic oxidation sites excluding steroid dienone is 1. The summed E-state index contributed by atoms with van der Waals surface area (Å²) in [5, 5.41) is 8.91. The third-order valence-corrected chi connectivity index (χ3v) is 4.63. The number of carbonyl (C=O) groups excluding carboxylic acids is 2. The average Bonchev–Trinajstić information content (AvgIpc) is 2.81. The van der Waals surface area contributed by atoms with Crippen LogP contribution in [-0.2, 0) is 16.0 Å². The van der Waals surface area contributed by atoms with Gasteiger partial charge in [-0.2, -0.15) is 5.26 Å². The number of hydrogen-bond acceptors (Lipinski definition) is 4. The van der Waals surface area contributed by atoms with Crippen LogP contribution < -0.4 is 5.73 Å². The molecule has 2 N–H and O–H groups in total. The Hall–Kier alpha value is -2.45. The van der Waals surface area contributed by atoms with Gasteiger partial charge in [-0.05, 0) is 37.0 Å². The number of nitrogens with two attached hydrogens (primary N) is 1. The lowest BCUT2D eigenvalue weighted by molar-refractivity contribution is -0.139. The Kier molecular flexibility index (Phi) is 4.26. The molecule has 2 amide bonds. The third kappa shape index (κ3) is 2.90. The highest BCUT2D eigenvalue weighted by Gasteiger charge is 2.49. The van der Waals surface area contributed by atoms with Gasteiger partial charge in [0.1, 0.15) is 0 Å². The van der Waals surface area contributed by atoms with Gasteiger partial charge >= 0.3 is 0 Å². The molecular weight excluding hydrogens is 290 g/mol. The Labute approximate surface area is 135 Å². The van der Waals surface area contributed by atoms with Crippen LogP contribution in [0.15, 0.2) is 36.4 Å². The summed E-state index contributed by atoms with van der Waals surface area (Å²) < 4.78 is 0. The molecule has 1 heterocycles. The number of hydrogen-bond donors (Lipinski definition) is 1. The van der Waals surface area contributed by atoms with E-state index in [0.29, 0.717) is 24.9 Å². The molecule has 2 aliphatic rings. The van der Waals surface area contributed by atoms with Crippen molar-refractivity contribution in [3.63, 3.8) is 0 Å². The van der Waals surface area contributed by atoms with E-state index in [1.807, 2.05) is 30.4 Å². The van der Waals surface area contributed by atoms with Crippen molar-refractivity contribution in [2.75, 3.05) is 6.54 Å². The highest BCUT2D eigenvalue weighted by Crippen LogP contribution is 2.34. The molecule has 1 aromatic carbocycles. The van der Waals surface area contributed by atoms with Gasteiger partial charge in [-0.25, -0.2) is 0 Å². The molecule has 5 nitrogen and oxygen atoms in total. The molecule has 1 aliphatic carbocycles. The number of rotatable bonds is 4. The minimum atomic E-state index is -0.394. The Bertz CT molecular complexity index is 704. The Balaban J connectivity index is 1.61. The highest BCUT2D eigenvalue weighted by molar-refractivity contribution is 6.05. The topological polar surface area (TPSA) is 87.2 Å². The molecular formula is C18H19N3O2. The molecule has 3 unspecified atom stereocenters. The largest absolute Gasteiger partial charge is 0.324 e. The van der Waals surface area contributed by atoms with Crippen molar-refractivity contribution in [1.82, 2.24) is 4.90 Å². The number of imide groups is 1. The van der Waals surface area contributed by atoms with Crippen LogP contribution in [0.3, 0.4) is 0 Å². The Morgan fingerprint density at radius 1 is 1.30 bits per heavy atom. The number of carbonyl (C=O) groups is 2. The van der Waals surface area contributed by atoms with Crippen molar-refractivity contribution in [2.45, 2.75) is 25.3 Å². The maximum Gasteiger partial charge on any atom is 0.234 e. The standard InChI is InChI=1S/C18H19N3O2/c19-11-13-5-1-4-12(10-13)6-3-9-21-17(22)14-7-2-8-15(20)16(14)18(21)23/h1-2,4-5,8,10,14-16H,3,6-7,9,20H2. The van der Waals surface area contributed by atoms with Gasteiger partial charge in [0, 0.05) is 12.6 Å². The summed E-state index contributed by atoms with van der Waals surface area (Å²) in [5.41, 5.74) is 7.63. The summed E-state index contributed by atoms with van der Waals surface area (Å²) in [7, 11) is 0. The zero-order valence-corrected chi connectivity index (χ0v) is 12.8. The van der Waals surface area contributed by atoms with E-state index in [2.05, 4.69) is 6.07 Å². The van der Waals surface area contributed by atoms with Gasteiger partial charge in [-0.1, -0.05) is 24.3 Å². The van der Waals surface area contributed by atoms with Gasteiger partial charge in [0.05, 0.1) is 23.5 Å². The monoisotopic (exact) mass is 309 g/mol. The van der Waals surface area contributed by atoms with Crippen molar-refractivity contribution >= 4 is 11.8 Å². The van der Waals surface area contributed by atoms with Gasteiger partial charge < -0.3 is 5.73 Å². The maximum atomic E-state index is 12.5. The van der Waals surface area contributed by atoms with Crippen LogP contribution in [0.1, 0.15) is 24.0 Å². The van der Waals surface area contributed by atoms with E-state index in [-0.39, 0.29) is 23.8 Å². The number of benzene rings is 1. The smallest absolute Gasteiger partial charge is 0.234 e. The number of fused-ring (bicyclic) bond motifs is 1. The molecule has 0 bridgehead atoms. The third-order valence-electron chi connectivity index (χ3n) is 4.63. The Morgan fingerprint density at radius 3 is 2.87 bits per heavy atom. The summed E-state index contributed by atoms with van der Waals surface area (Å²) in [4.78, 5) is 26.2. The molecule has 1 aliphatic heterocycles. The van der Waals surface area contributed by atoms with E-state index in [1.165, 1.54) is 4.90 Å². The van der Waals surface area contributed by atoms with Gasteiger partial charge in [0.25, 0.3) is 0 Å². The van der Waals surface area contributed by atoms with Crippen LogP contribution in [0.2, 0.25) is 0 Å². The molecule has 0 aromatic heterocycles. The maximum absolute atomic E-state index is 12.5. The fraction of sp³-hybridized carbons (Fsp3) is 0.389. The van der Waals surface area contributed by atoms with Crippen molar-refractivity contribution in [3.8, 4) is 6.07 Å². The summed E-state index contributed by atoms with van der Waals surface area (Å²) in [6.07, 6.45) is 5.74. The number of likely N-dealkylation sites (tertiary alicyclic amines) is 1. The molecule has 1 saturated heterocycles. The van der Waals surface area contributed by atoms with Gasteiger partial charge in [0.15, 0.2) is 0 Å². The summed E-state index contributed by atoms with van der Waals surface area (Å²) >= 11 is 0. The molecule has 0 spiro atoms. The molecule has 118 valence electrons. The highest BCUT2D eigenvalue weighted by atomic mass is 16.2. The molecule has 3 atom stereocenters. The molecule has 1 fully saturated rings. The van der Waals surface area contributed by atoms with Crippen LogP contribution >= 0.6 is 0 Å². The lowest BCUT2D eigenvalue weighted by Crippen LogP contribution is -2.39. The van der Waals surface area contributed by atoms with Gasteiger partial charge in [0.2, 0.25) is 11.8 Å². The van der Waals surface area contributed by atoms with Crippen molar-refractivity contribution in [1.29, 1.82) is 5.26 Å². The first-order valence-corrected chi connectivity index (χ1v) is 7.88. The van der Waals surface area contributed by atoms with Gasteiger partial charge in [-0.3, -0.25) is 14.5 Å². The van der Waals surface area contributed by atoms with Crippen LogP contribution in [0.5, 0.6) is 0 Å². The van der Waals surface area contributed by atoms with Crippen molar-refractivity contribution in [3.05, 3.63) is 47.5 Å². The lowest BCUT2D eigenvalue weighted by Gasteiger charge is -2.22. The number of aryl methyl sites for hydroxylation is 1. The first-order chi connectivity index (χ1) is 11.1. The number of nitrogens with zero attached hydrogens (tertiary/aromatic N) is 2. The fourth-order valence-corrected chi connectivity index (χ4v) is 3.45. The second-order valence-electron chi connectivity index (χ2n) is 6.12. The minimum Gasteiger partial charge on any atom is -0.324 e. The lowest BCUT2D eigenvalue weighted by atomic mass is 9.82. The van der Waals surface area contributed by atoms with Crippen LogP contribution in [0.25, 0.3) is 0 Å². The summed E-state index contributed by atoms with van der Waals surface area (Å²) in [6.45, 7) is 0.411. The zero-order chi connectivity index (χ0) is 16.4. The van der Waals surface area contributed by atoms with Crippen LogP contribution in [-0.4, -0.2) is 29.3 Å². The van der Waals surface area contributed by atoms with E-state index in [4.69, 9.17) is 11.0 Å². The second-order valence-corrected chi connectivity index (χ2v) is 6.12. The predicted molar refractivity (Wildman–Crippen MR) is 84.9 cm³/mol. The quantitative estimate of drug-likeness (QED) is 0.672. The second kappa shape index (κ2) is 6.35. The molecule has 5 heteroatoms. The molecule has 23 heavy (non-hydrogen) atoms. The number of nitriles is 1. The van der Waals surface area contributed by atoms with Crippen LogP contribution in [0, 0.1) is 23.2 Å². The van der Waals surface area contributed by atoms with E-state index < -0.39 is 5.92 Å². The fourth-order valence-electron chi connectivity index (χ4n) is 3.45. The Morgan fingerprint density at radius 2 is 2.13 bits per heavy atom. The molecule has 1 aromatic rings. The first kappa shape index (κ1) is 15.4. The van der Waals surface area contributed by atoms with Crippen LogP contribution in [0.4, 0.5) is 0 Å². The SMILES string of the molecule is N#Cc1cccc(CCCN2C(=O)C3CC=CC(N)C3C2=O)c1. The minimum absolute atomic E-state index is 0.0921. The van der Waals surface area contributed by atoms with E-state index >= 15 is 0 Å². The molecule has 0 saturated carbocycles. The van der Waals surface area contributed by atoms with Crippen molar-refractivity contribution in [2.24, 2.45) is 17.6 Å². The first-order valence-electron chi connectivity index (χ1n) is 7.88. The van der Waals surface area contributed by atoms with Gasteiger partial charge in [-0.15, -0.1) is 0 Å². The van der Waals surface area contributed by atoms with E-state index in [1.54, 1.807) is 6.07 Å². The number of amides is 2. The zero-order valence-electron chi connectivity index (χ0n) is 12.8.